The lowest BCUT2D eigenvalue weighted by atomic mass is 9.94. The smallest absolute Gasteiger partial charge is 0.153 e. The molecule has 0 radical (unpaired) electrons. The quantitative estimate of drug-likeness (QED) is 0.749. The molecule has 0 saturated heterocycles. The summed E-state index contributed by atoms with van der Waals surface area (Å²) in [4.78, 5) is 10.8. The van der Waals surface area contributed by atoms with Crippen molar-refractivity contribution in [3.8, 4) is 17.0 Å². The van der Waals surface area contributed by atoms with Crippen molar-refractivity contribution in [3.63, 3.8) is 0 Å². The first-order valence-electron chi connectivity index (χ1n) is 6.05. The Bertz CT molecular complexity index is 645. The molecule has 0 spiro atoms. The summed E-state index contributed by atoms with van der Waals surface area (Å²) < 4.78 is 5.42. The van der Waals surface area contributed by atoms with Crippen molar-refractivity contribution in [3.05, 3.63) is 35.2 Å². The summed E-state index contributed by atoms with van der Waals surface area (Å²) >= 11 is 6.26. The fourth-order valence-corrected chi connectivity index (χ4v) is 2.81. The van der Waals surface area contributed by atoms with Gasteiger partial charge in [-0.15, -0.1) is 0 Å². The average molecular weight is 276 g/mol. The van der Waals surface area contributed by atoms with Crippen molar-refractivity contribution in [1.82, 2.24) is 9.97 Å². The fraction of sp³-hybridized carbons (Fsp3) is 0.286. The maximum atomic E-state index is 6.26. The molecule has 5 heteroatoms. The number of hydrogen-bond acceptors (Lipinski definition) is 4. The van der Waals surface area contributed by atoms with Gasteiger partial charge in [-0.2, -0.15) is 0 Å². The standard InChI is InChI=1S/C14H14ClN3O/c1-8-9-5-4-6-16-12(9)11-10(19-3)7-17-14(15)13(11)18(8)2/h4-8H,1-3H3. The summed E-state index contributed by atoms with van der Waals surface area (Å²) in [5.41, 5.74) is 3.88. The minimum Gasteiger partial charge on any atom is -0.494 e. The van der Waals surface area contributed by atoms with E-state index in [2.05, 4.69) is 27.9 Å². The highest BCUT2D eigenvalue weighted by atomic mass is 35.5. The highest BCUT2D eigenvalue weighted by Crippen LogP contribution is 2.49. The Morgan fingerprint density at radius 1 is 1.37 bits per heavy atom. The average Bonchev–Trinajstić information content (AvgIpc) is 2.44. The zero-order chi connectivity index (χ0) is 13.6. The van der Waals surface area contributed by atoms with E-state index in [1.807, 2.05) is 13.1 Å². The van der Waals surface area contributed by atoms with E-state index < -0.39 is 0 Å². The lowest BCUT2D eigenvalue weighted by Gasteiger charge is -2.35. The molecule has 2 aromatic heterocycles. The van der Waals surface area contributed by atoms with Gasteiger partial charge < -0.3 is 9.64 Å². The van der Waals surface area contributed by atoms with Crippen molar-refractivity contribution in [2.24, 2.45) is 0 Å². The summed E-state index contributed by atoms with van der Waals surface area (Å²) in [5, 5.41) is 0.474. The van der Waals surface area contributed by atoms with Crippen LogP contribution in [0.2, 0.25) is 5.15 Å². The van der Waals surface area contributed by atoms with Crippen LogP contribution in [-0.4, -0.2) is 24.1 Å². The third kappa shape index (κ3) is 1.67. The van der Waals surface area contributed by atoms with Crippen LogP contribution in [-0.2, 0) is 0 Å². The number of rotatable bonds is 1. The van der Waals surface area contributed by atoms with E-state index in [9.17, 15) is 0 Å². The third-order valence-corrected chi connectivity index (χ3v) is 3.93. The molecule has 1 atom stereocenters. The summed E-state index contributed by atoms with van der Waals surface area (Å²) in [7, 11) is 3.64. The SMILES string of the molecule is COc1cnc(Cl)c2c1-c1ncccc1C(C)N2C. The molecule has 1 aliphatic rings. The Labute approximate surface area is 117 Å². The molecule has 0 N–H and O–H groups in total. The van der Waals surface area contributed by atoms with Gasteiger partial charge in [0.2, 0.25) is 0 Å². The molecule has 3 rings (SSSR count). The first-order chi connectivity index (χ1) is 9.15. The number of hydrogen-bond donors (Lipinski definition) is 0. The number of fused-ring (bicyclic) bond motifs is 3. The number of anilines is 1. The zero-order valence-electron chi connectivity index (χ0n) is 11.0. The second-order valence-corrected chi connectivity index (χ2v) is 4.93. The molecule has 2 aromatic rings. The van der Waals surface area contributed by atoms with Crippen molar-refractivity contribution < 1.29 is 4.74 Å². The molecular formula is C14H14ClN3O. The highest BCUT2D eigenvalue weighted by molar-refractivity contribution is 6.33. The molecule has 1 unspecified atom stereocenters. The molecule has 3 heterocycles. The summed E-state index contributed by atoms with van der Waals surface area (Å²) in [5.74, 6) is 0.693. The monoisotopic (exact) mass is 275 g/mol. The molecule has 1 aliphatic heterocycles. The molecule has 19 heavy (non-hydrogen) atoms. The number of methoxy groups -OCH3 is 1. The molecule has 4 nitrogen and oxygen atoms in total. The van der Waals surface area contributed by atoms with Gasteiger partial charge in [-0.25, -0.2) is 4.98 Å². The molecule has 0 amide bonds. The Balaban J connectivity index is 2.39. The summed E-state index contributed by atoms with van der Waals surface area (Å²) in [6.45, 7) is 2.12. The zero-order valence-corrected chi connectivity index (χ0v) is 11.8. The van der Waals surface area contributed by atoms with E-state index in [1.54, 1.807) is 19.5 Å². The van der Waals surface area contributed by atoms with Gasteiger partial charge in [-0.1, -0.05) is 17.7 Å². The maximum absolute atomic E-state index is 6.26. The largest absolute Gasteiger partial charge is 0.494 e. The van der Waals surface area contributed by atoms with Gasteiger partial charge in [-0.05, 0) is 13.0 Å². The van der Waals surface area contributed by atoms with Gasteiger partial charge in [0.15, 0.2) is 5.15 Å². The van der Waals surface area contributed by atoms with Gasteiger partial charge in [0.1, 0.15) is 5.75 Å². The van der Waals surface area contributed by atoms with E-state index in [-0.39, 0.29) is 6.04 Å². The van der Waals surface area contributed by atoms with Crippen LogP contribution >= 0.6 is 11.6 Å². The van der Waals surface area contributed by atoms with Gasteiger partial charge in [-0.3, -0.25) is 4.98 Å². The van der Waals surface area contributed by atoms with Crippen LogP contribution in [0.15, 0.2) is 24.5 Å². The lowest BCUT2D eigenvalue weighted by Crippen LogP contribution is -2.27. The van der Waals surface area contributed by atoms with Gasteiger partial charge in [0.05, 0.1) is 36.3 Å². The van der Waals surface area contributed by atoms with E-state index in [0.717, 1.165) is 22.5 Å². The Kier molecular flexibility index (Phi) is 2.82. The van der Waals surface area contributed by atoms with Crippen LogP contribution in [0.25, 0.3) is 11.3 Å². The van der Waals surface area contributed by atoms with Crippen LogP contribution < -0.4 is 9.64 Å². The van der Waals surface area contributed by atoms with Crippen LogP contribution in [0.3, 0.4) is 0 Å². The van der Waals surface area contributed by atoms with Crippen molar-refractivity contribution >= 4 is 17.3 Å². The minimum atomic E-state index is 0.197. The number of ether oxygens (including phenoxy) is 1. The van der Waals surface area contributed by atoms with Crippen molar-refractivity contribution in [1.29, 1.82) is 0 Å². The first kappa shape index (κ1) is 12.2. The van der Waals surface area contributed by atoms with Crippen LogP contribution in [0.4, 0.5) is 5.69 Å². The molecule has 0 saturated carbocycles. The number of pyridine rings is 2. The number of halogens is 1. The second kappa shape index (κ2) is 4.38. The number of aromatic nitrogens is 2. The fourth-order valence-electron chi connectivity index (χ4n) is 2.53. The predicted octanol–water partition coefficient (Wildman–Crippen LogP) is 3.32. The molecule has 0 fully saturated rings. The lowest BCUT2D eigenvalue weighted by molar-refractivity contribution is 0.414. The molecular weight excluding hydrogens is 262 g/mol. The normalized spacial score (nSPS) is 16.8. The summed E-state index contributed by atoms with van der Waals surface area (Å²) in [6, 6.07) is 4.23. The van der Waals surface area contributed by atoms with Gasteiger partial charge in [0.25, 0.3) is 0 Å². The summed E-state index contributed by atoms with van der Waals surface area (Å²) in [6.07, 6.45) is 3.43. The predicted molar refractivity (Wildman–Crippen MR) is 75.8 cm³/mol. The minimum absolute atomic E-state index is 0.197. The van der Waals surface area contributed by atoms with Gasteiger partial charge in [0, 0.05) is 18.8 Å². The Morgan fingerprint density at radius 3 is 2.89 bits per heavy atom. The van der Waals surface area contributed by atoms with E-state index in [1.165, 1.54) is 0 Å². The van der Waals surface area contributed by atoms with E-state index in [0.29, 0.717) is 10.9 Å². The molecule has 98 valence electrons. The van der Waals surface area contributed by atoms with Crippen molar-refractivity contribution in [2.75, 3.05) is 19.1 Å². The highest BCUT2D eigenvalue weighted by Gasteiger charge is 2.31. The van der Waals surface area contributed by atoms with Crippen LogP contribution in [0, 0.1) is 0 Å². The molecule has 0 aliphatic carbocycles. The third-order valence-electron chi connectivity index (χ3n) is 3.65. The molecule has 0 bridgehead atoms. The van der Waals surface area contributed by atoms with Crippen molar-refractivity contribution in [2.45, 2.75) is 13.0 Å². The maximum Gasteiger partial charge on any atom is 0.153 e. The van der Waals surface area contributed by atoms with E-state index >= 15 is 0 Å². The van der Waals surface area contributed by atoms with E-state index in [4.69, 9.17) is 16.3 Å². The van der Waals surface area contributed by atoms with Crippen LogP contribution in [0.5, 0.6) is 5.75 Å². The second-order valence-electron chi connectivity index (χ2n) is 4.57. The topological polar surface area (TPSA) is 38.3 Å². The Morgan fingerprint density at radius 2 is 2.16 bits per heavy atom. The Hall–Kier alpha value is -1.81. The first-order valence-corrected chi connectivity index (χ1v) is 6.43. The van der Waals surface area contributed by atoms with Crippen LogP contribution in [0.1, 0.15) is 18.5 Å². The van der Waals surface area contributed by atoms with Gasteiger partial charge >= 0.3 is 0 Å². The molecule has 0 aromatic carbocycles. The number of nitrogens with zero attached hydrogens (tertiary/aromatic N) is 3.